The fourth-order valence-electron chi connectivity index (χ4n) is 1.14. The smallest absolute Gasteiger partial charge is 0.242 e. The number of nitriles is 1. The SMILES string of the molecule is CCC(C)N(C)C(=O)C(C)(C#N)CC. The van der Waals surface area contributed by atoms with Crippen molar-refractivity contribution in [3.8, 4) is 6.07 Å². The molecule has 0 rings (SSSR count). The molecule has 0 saturated carbocycles. The molecule has 0 spiro atoms. The predicted octanol–water partition coefficient (Wildman–Crippen LogP) is 2.18. The summed E-state index contributed by atoms with van der Waals surface area (Å²) in [5.41, 5.74) is -0.863. The van der Waals surface area contributed by atoms with Crippen molar-refractivity contribution in [3.05, 3.63) is 0 Å². The molecule has 3 heteroatoms. The number of hydrogen-bond donors (Lipinski definition) is 0. The third-order valence-corrected chi connectivity index (χ3v) is 3.00. The molecule has 0 radical (unpaired) electrons. The summed E-state index contributed by atoms with van der Waals surface area (Å²) in [5, 5.41) is 8.96. The summed E-state index contributed by atoms with van der Waals surface area (Å²) in [6.07, 6.45) is 1.47. The van der Waals surface area contributed by atoms with Crippen LogP contribution >= 0.6 is 0 Å². The number of carbonyl (C=O) groups excluding carboxylic acids is 1. The van der Waals surface area contributed by atoms with E-state index in [1.165, 1.54) is 0 Å². The molecular weight excluding hydrogens is 176 g/mol. The lowest BCUT2D eigenvalue weighted by molar-refractivity contribution is -0.139. The summed E-state index contributed by atoms with van der Waals surface area (Å²) >= 11 is 0. The first-order valence-electron chi connectivity index (χ1n) is 5.11. The zero-order valence-electron chi connectivity index (χ0n) is 9.79. The van der Waals surface area contributed by atoms with Gasteiger partial charge in [-0.3, -0.25) is 4.79 Å². The summed E-state index contributed by atoms with van der Waals surface area (Å²) < 4.78 is 0. The molecule has 80 valence electrons. The Kier molecular flexibility index (Phi) is 4.62. The minimum Gasteiger partial charge on any atom is -0.342 e. The van der Waals surface area contributed by atoms with Gasteiger partial charge in [-0.2, -0.15) is 5.26 Å². The van der Waals surface area contributed by atoms with Crippen LogP contribution in [0.25, 0.3) is 0 Å². The van der Waals surface area contributed by atoms with E-state index in [1.54, 1.807) is 18.9 Å². The van der Waals surface area contributed by atoms with Gasteiger partial charge in [-0.1, -0.05) is 13.8 Å². The Morgan fingerprint density at radius 1 is 1.57 bits per heavy atom. The topological polar surface area (TPSA) is 44.1 Å². The van der Waals surface area contributed by atoms with Crippen LogP contribution in [0, 0.1) is 16.7 Å². The molecule has 0 aliphatic heterocycles. The van der Waals surface area contributed by atoms with Crippen LogP contribution in [0.1, 0.15) is 40.5 Å². The van der Waals surface area contributed by atoms with E-state index in [2.05, 4.69) is 6.07 Å². The van der Waals surface area contributed by atoms with Gasteiger partial charge in [0, 0.05) is 13.1 Å². The van der Waals surface area contributed by atoms with Gasteiger partial charge in [-0.15, -0.1) is 0 Å². The van der Waals surface area contributed by atoms with E-state index in [0.29, 0.717) is 6.42 Å². The van der Waals surface area contributed by atoms with Gasteiger partial charge in [0.2, 0.25) is 5.91 Å². The lowest BCUT2D eigenvalue weighted by Gasteiger charge is -2.30. The van der Waals surface area contributed by atoms with Crippen LogP contribution in [0.4, 0.5) is 0 Å². The molecule has 1 amide bonds. The van der Waals surface area contributed by atoms with Crippen LogP contribution in [0.5, 0.6) is 0 Å². The van der Waals surface area contributed by atoms with Crippen molar-refractivity contribution in [2.24, 2.45) is 5.41 Å². The lowest BCUT2D eigenvalue weighted by atomic mass is 9.87. The fourth-order valence-corrected chi connectivity index (χ4v) is 1.14. The first-order chi connectivity index (χ1) is 6.42. The highest BCUT2D eigenvalue weighted by atomic mass is 16.2. The normalized spacial score (nSPS) is 16.6. The van der Waals surface area contributed by atoms with Gasteiger partial charge in [0.25, 0.3) is 0 Å². The molecule has 0 aromatic rings. The number of amides is 1. The second-order valence-corrected chi connectivity index (χ2v) is 3.97. The average molecular weight is 196 g/mol. The number of nitrogens with zero attached hydrogens (tertiary/aromatic N) is 2. The monoisotopic (exact) mass is 196 g/mol. The molecular formula is C11H20N2O. The second kappa shape index (κ2) is 4.99. The third-order valence-electron chi connectivity index (χ3n) is 3.00. The number of rotatable bonds is 4. The molecule has 0 bridgehead atoms. The Labute approximate surface area is 86.7 Å². The zero-order chi connectivity index (χ0) is 11.4. The maximum absolute atomic E-state index is 11.9. The van der Waals surface area contributed by atoms with Crippen molar-refractivity contribution in [1.82, 2.24) is 4.90 Å². The second-order valence-electron chi connectivity index (χ2n) is 3.97. The van der Waals surface area contributed by atoms with E-state index < -0.39 is 5.41 Å². The molecule has 0 N–H and O–H groups in total. The van der Waals surface area contributed by atoms with E-state index in [1.807, 2.05) is 20.8 Å². The maximum Gasteiger partial charge on any atom is 0.242 e. The molecule has 0 aliphatic rings. The fraction of sp³-hybridized carbons (Fsp3) is 0.818. The Morgan fingerprint density at radius 3 is 2.36 bits per heavy atom. The Bertz CT molecular complexity index is 244. The van der Waals surface area contributed by atoms with Crippen LogP contribution in [0.3, 0.4) is 0 Å². The molecule has 0 fully saturated rings. The van der Waals surface area contributed by atoms with Gasteiger partial charge in [-0.05, 0) is 26.7 Å². The molecule has 14 heavy (non-hydrogen) atoms. The van der Waals surface area contributed by atoms with E-state index in [9.17, 15) is 4.79 Å². The molecule has 0 saturated heterocycles. The molecule has 0 aromatic carbocycles. The molecule has 0 aromatic heterocycles. The van der Waals surface area contributed by atoms with Crippen LogP contribution in [-0.2, 0) is 4.79 Å². The van der Waals surface area contributed by atoms with Crippen molar-refractivity contribution < 1.29 is 4.79 Å². The molecule has 2 unspecified atom stereocenters. The third kappa shape index (κ3) is 2.47. The van der Waals surface area contributed by atoms with Crippen molar-refractivity contribution >= 4 is 5.91 Å². The highest BCUT2D eigenvalue weighted by Crippen LogP contribution is 2.23. The van der Waals surface area contributed by atoms with E-state index in [4.69, 9.17) is 5.26 Å². The summed E-state index contributed by atoms with van der Waals surface area (Å²) in [6, 6.07) is 2.29. The minimum absolute atomic E-state index is 0.0724. The molecule has 2 atom stereocenters. The van der Waals surface area contributed by atoms with E-state index in [0.717, 1.165) is 6.42 Å². The Balaban J connectivity index is 4.70. The predicted molar refractivity (Wildman–Crippen MR) is 56.5 cm³/mol. The summed E-state index contributed by atoms with van der Waals surface area (Å²) in [4.78, 5) is 13.6. The first-order valence-corrected chi connectivity index (χ1v) is 5.11. The van der Waals surface area contributed by atoms with Crippen molar-refractivity contribution in [2.75, 3.05) is 7.05 Å². The molecule has 0 heterocycles. The van der Waals surface area contributed by atoms with E-state index >= 15 is 0 Å². The van der Waals surface area contributed by atoms with Crippen molar-refractivity contribution in [2.45, 2.75) is 46.6 Å². The van der Waals surface area contributed by atoms with Gasteiger partial charge in [0.05, 0.1) is 6.07 Å². The van der Waals surface area contributed by atoms with Crippen LogP contribution in [0.15, 0.2) is 0 Å². The van der Waals surface area contributed by atoms with E-state index in [-0.39, 0.29) is 11.9 Å². The quantitative estimate of drug-likeness (QED) is 0.691. The summed E-state index contributed by atoms with van der Waals surface area (Å²) in [7, 11) is 1.77. The largest absolute Gasteiger partial charge is 0.342 e. The van der Waals surface area contributed by atoms with Gasteiger partial charge in [0.1, 0.15) is 5.41 Å². The van der Waals surface area contributed by atoms with Crippen LogP contribution in [0.2, 0.25) is 0 Å². The van der Waals surface area contributed by atoms with Gasteiger partial charge in [-0.25, -0.2) is 0 Å². The molecule has 3 nitrogen and oxygen atoms in total. The Hall–Kier alpha value is -1.04. The summed E-state index contributed by atoms with van der Waals surface area (Å²) in [5.74, 6) is -0.0724. The minimum atomic E-state index is -0.863. The van der Waals surface area contributed by atoms with Crippen molar-refractivity contribution in [3.63, 3.8) is 0 Å². The highest BCUT2D eigenvalue weighted by molar-refractivity contribution is 5.85. The van der Waals surface area contributed by atoms with Gasteiger partial charge in [0.15, 0.2) is 0 Å². The zero-order valence-corrected chi connectivity index (χ0v) is 9.79. The maximum atomic E-state index is 11.9. The van der Waals surface area contributed by atoms with Crippen LogP contribution in [-0.4, -0.2) is 23.9 Å². The number of hydrogen-bond acceptors (Lipinski definition) is 2. The van der Waals surface area contributed by atoms with Crippen molar-refractivity contribution in [1.29, 1.82) is 5.26 Å². The lowest BCUT2D eigenvalue weighted by Crippen LogP contribution is -2.43. The van der Waals surface area contributed by atoms with Gasteiger partial charge < -0.3 is 4.90 Å². The summed E-state index contributed by atoms with van der Waals surface area (Å²) in [6.45, 7) is 7.59. The van der Waals surface area contributed by atoms with Gasteiger partial charge >= 0.3 is 0 Å². The molecule has 0 aliphatic carbocycles. The average Bonchev–Trinajstić information content (AvgIpc) is 2.24. The number of carbonyl (C=O) groups is 1. The standard InChI is InChI=1S/C11H20N2O/c1-6-9(3)13(5)10(14)11(4,7-2)8-12/h9H,6-7H2,1-5H3. The highest BCUT2D eigenvalue weighted by Gasteiger charge is 2.34. The first kappa shape index (κ1) is 13.0. The Morgan fingerprint density at radius 2 is 2.07 bits per heavy atom. The van der Waals surface area contributed by atoms with Crippen LogP contribution < -0.4 is 0 Å².